The fourth-order valence-electron chi connectivity index (χ4n) is 4.17. The van der Waals surface area contributed by atoms with Crippen molar-refractivity contribution in [2.45, 2.75) is 38.8 Å². The summed E-state index contributed by atoms with van der Waals surface area (Å²) in [7, 11) is 0. The zero-order valence-corrected chi connectivity index (χ0v) is 13.7. The largest absolute Gasteiger partial charge is 0.381 e. The van der Waals surface area contributed by atoms with Gasteiger partial charge >= 0.3 is 0 Å². The van der Waals surface area contributed by atoms with Crippen LogP contribution in [-0.2, 0) is 17.7 Å². The van der Waals surface area contributed by atoms with Gasteiger partial charge in [0.05, 0.1) is 5.69 Å². The number of aromatic nitrogens is 1. The van der Waals surface area contributed by atoms with Gasteiger partial charge in [0.1, 0.15) is 0 Å². The molecule has 3 heteroatoms. The Labute approximate surface area is 138 Å². The van der Waals surface area contributed by atoms with Crippen LogP contribution in [-0.4, -0.2) is 18.2 Å². The molecule has 1 aliphatic heterocycles. The third kappa shape index (κ3) is 2.79. The lowest BCUT2D eigenvalue weighted by Crippen LogP contribution is -2.40. The Balaban J connectivity index is 1.58. The molecule has 0 amide bonds. The third-order valence-corrected chi connectivity index (χ3v) is 5.47. The molecule has 4 rings (SSSR count). The Hall–Kier alpha value is -1.71. The number of hydrogen-bond acceptors (Lipinski definition) is 3. The molecule has 0 unspecified atom stereocenters. The number of pyridine rings is 1. The van der Waals surface area contributed by atoms with E-state index < -0.39 is 0 Å². The van der Waals surface area contributed by atoms with Crippen molar-refractivity contribution in [3.8, 4) is 0 Å². The second kappa shape index (κ2) is 6.06. The highest BCUT2D eigenvalue weighted by Gasteiger charge is 2.46. The normalized spacial score (nSPS) is 22.2. The molecule has 2 heterocycles. The number of nitrogens with zero attached hydrogens (tertiary/aromatic N) is 1. The number of benzene rings is 1. The van der Waals surface area contributed by atoms with Crippen LogP contribution < -0.4 is 5.32 Å². The molecule has 1 aromatic heterocycles. The molecule has 1 aromatic carbocycles. The molecule has 1 fully saturated rings. The van der Waals surface area contributed by atoms with Crippen LogP contribution in [0.5, 0.6) is 0 Å². The predicted molar refractivity (Wildman–Crippen MR) is 91.2 cm³/mol. The highest BCUT2D eigenvalue weighted by Crippen LogP contribution is 2.51. The van der Waals surface area contributed by atoms with Gasteiger partial charge < -0.3 is 10.1 Å². The molecule has 0 bridgehead atoms. The van der Waals surface area contributed by atoms with Gasteiger partial charge in [0, 0.05) is 32.0 Å². The highest BCUT2D eigenvalue weighted by molar-refractivity contribution is 5.38. The SMILES string of the molecule is Cc1ccc(CN[C@@H]2c3ccccc3CC23CCOCC3)nc1. The third-order valence-electron chi connectivity index (χ3n) is 5.47. The summed E-state index contributed by atoms with van der Waals surface area (Å²) < 4.78 is 5.64. The van der Waals surface area contributed by atoms with Gasteiger partial charge in [-0.1, -0.05) is 30.3 Å². The van der Waals surface area contributed by atoms with Crippen LogP contribution in [0.15, 0.2) is 42.6 Å². The van der Waals surface area contributed by atoms with Crippen LogP contribution in [0, 0.1) is 12.3 Å². The van der Waals surface area contributed by atoms with E-state index in [1.54, 1.807) is 0 Å². The van der Waals surface area contributed by atoms with E-state index in [2.05, 4.69) is 53.6 Å². The van der Waals surface area contributed by atoms with Crippen LogP contribution in [0.4, 0.5) is 0 Å². The van der Waals surface area contributed by atoms with Crippen molar-refractivity contribution in [2.24, 2.45) is 5.41 Å². The minimum Gasteiger partial charge on any atom is -0.381 e. The van der Waals surface area contributed by atoms with Crippen molar-refractivity contribution in [3.63, 3.8) is 0 Å². The van der Waals surface area contributed by atoms with Gasteiger partial charge in [0.2, 0.25) is 0 Å². The minimum atomic E-state index is 0.312. The summed E-state index contributed by atoms with van der Waals surface area (Å²) in [5.41, 5.74) is 5.61. The summed E-state index contributed by atoms with van der Waals surface area (Å²) in [5, 5.41) is 3.82. The standard InChI is InChI=1S/C20H24N2O/c1-15-6-7-17(21-13-15)14-22-19-18-5-3-2-4-16(18)12-20(19)8-10-23-11-9-20/h2-7,13,19,22H,8-12,14H2,1H3/t19-/m1/s1. The number of ether oxygens (including phenoxy) is 1. The first-order valence-electron chi connectivity index (χ1n) is 8.57. The van der Waals surface area contributed by atoms with Gasteiger partial charge in [-0.05, 0) is 54.4 Å². The van der Waals surface area contributed by atoms with Crippen molar-refractivity contribution in [1.82, 2.24) is 10.3 Å². The molecule has 2 aromatic rings. The van der Waals surface area contributed by atoms with E-state index in [0.29, 0.717) is 11.5 Å². The van der Waals surface area contributed by atoms with Gasteiger partial charge in [-0.15, -0.1) is 0 Å². The van der Waals surface area contributed by atoms with E-state index >= 15 is 0 Å². The van der Waals surface area contributed by atoms with E-state index in [9.17, 15) is 0 Å². The second-order valence-corrected chi connectivity index (χ2v) is 6.99. The Kier molecular flexibility index (Phi) is 3.92. The Morgan fingerprint density at radius 3 is 2.78 bits per heavy atom. The van der Waals surface area contributed by atoms with Crippen molar-refractivity contribution in [3.05, 3.63) is 65.0 Å². The number of nitrogens with one attached hydrogen (secondary N) is 1. The number of fused-ring (bicyclic) bond motifs is 1. The summed E-state index contributed by atoms with van der Waals surface area (Å²) in [6.07, 6.45) is 5.40. The van der Waals surface area contributed by atoms with Crippen LogP contribution >= 0.6 is 0 Å². The highest BCUT2D eigenvalue weighted by atomic mass is 16.5. The topological polar surface area (TPSA) is 34.1 Å². The molecule has 2 aliphatic rings. The first kappa shape index (κ1) is 14.9. The molecule has 1 atom stereocenters. The molecular weight excluding hydrogens is 284 g/mol. The summed E-state index contributed by atoms with van der Waals surface area (Å²) >= 11 is 0. The monoisotopic (exact) mass is 308 g/mol. The minimum absolute atomic E-state index is 0.312. The fraction of sp³-hybridized carbons (Fsp3) is 0.450. The molecule has 1 aliphatic carbocycles. The summed E-state index contributed by atoms with van der Waals surface area (Å²) in [6.45, 7) is 4.67. The lowest BCUT2D eigenvalue weighted by molar-refractivity contribution is -0.000278. The van der Waals surface area contributed by atoms with Crippen LogP contribution in [0.2, 0.25) is 0 Å². The molecular formula is C20H24N2O. The van der Waals surface area contributed by atoms with Crippen molar-refractivity contribution in [1.29, 1.82) is 0 Å². The van der Waals surface area contributed by atoms with E-state index in [1.165, 1.54) is 23.1 Å². The first-order valence-corrected chi connectivity index (χ1v) is 8.57. The quantitative estimate of drug-likeness (QED) is 0.941. The average molecular weight is 308 g/mol. The average Bonchev–Trinajstić information content (AvgIpc) is 2.88. The van der Waals surface area contributed by atoms with E-state index in [4.69, 9.17) is 4.74 Å². The van der Waals surface area contributed by atoms with E-state index in [1.807, 2.05) is 6.20 Å². The molecule has 3 nitrogen and oxygen atoms in total. The lowest BCUT2D eigenvalue weighted by Gasteiger charge is -2.39. The van der Waals surface area contributed by atoms with E-state index in [0.717, 1.165) is 38.3 Å². The number of aryl methyl sites for hydroxylation is 1. The van der Waals surface area contributed by atoms with Crippen molar-refractivity contribution >= 4 is 0 Å². The molecule has 120 valence electrons. The van der Waals surface area contributed by atoms with Gasteiger partial charge in [0.25, 0.3) is 0 Å². The van der Waals surface area contributed by atoms with E-state index in [-0.39, 0.29) is 0 Å². The maximum atomic E-state index is 5.64. The van der Waals surface area contributed by atoms with Gasteiger partial charge in [-0.2, -0.15) is 0 Å². The zero-order chi connectivity index (χ0) is 15.7. The maximum Gasteiger partial charge on any atom is 0.0542 e. The summed E-state index contributed by atoms with van der Waals surface area (Å²) in [6, 6.07) is 13.6. The van der Waals surface area contributed by atoms with Crippen LogP contribution in [0.25, 0.3) is 0 Å². The molecule has 1 saturated heterocycles. The molecule has 23 heavy (non-hydrogen) atoms. The lowest BCUT2D eigenvalue weighted by atomic mass is 9.74. The fourth-order valence-corrected chi connectivity index (χ4v) is 4.17. The van der Waals surface area contributed by atoms with Crippen molar-refractivity contribution < 1.29 is 4.74 Å². The second-order valence-electron chi connectivity index (χ2n) is 6.99. The number of rotatable bonds is 3. The zero-order valence-electron chi connectivity index (χ0n) is 13.7. The van der Waals surface area contributed by atoms with Gasteiger partial charge in [0.15, 0.2) is 0 Å². The summed E-state index contributed by atoms with van der Waals surface area (Å²) in [4.78, 5) is 4.54. The van der Waals surface area contributed by atoms with Gasteiger partial charge in [-0.3, -0.25) is 4.98 Å². The van der Waals surface area contributed by atoms with Gasteiger partial charge in [-0.25, -0.2) is 0 Å². The summed E-state index contributed by atoms with van der Waals surface area (Å²) in [5.74, 6) is 0. The number of hydrogen-bond donors (Lipinski definition) is 1. The maximum absolute atomic E-state index is 5.64. The van der Waals surface area contributed by atoms with Crippen LogP contribution in [0.1, 0.15) is 41.3 Å². The Morgan fingerprint density at radius 2 is 2.00 bits per heavy atom. The van der Waals surface area contributed by atoms with Crippen molar-refractivity contribution in [2.75, 3.05) is 13.2 Å². The molecule has 1 spiro atoms. The Bertz CT molecular complexity index is 674. The predicted octanol–water partition coefficient (Wildman–Crippen LogP) is 3.57. The first-order chi connectivity index (χ1) is 11.3. The molecule has 1 N–H and O–H groups in total. The smallest absolute Gasteiger partial charge is 0.0542 e. The van der Waals surface area contributed by atoms with Crippen LogP contribution in [0.3, 0.4) is 0 Å². The molecule has 0 radical (unpaired) electrons. The Morgan fingerprint density at radius 1 is 1.17 bits per heavy atom. The molecule has 0 saturated carbocycles.